The number of hydrogen-bond donors (Lipinski definition) is 2. The van der Waals surface area contributed by atoms with E-state index in [1.165, 1.54) is 12.1 Å². The molecule has 0 aliphatic heterocycles. The number of aliphatic hydroxyl groups is 1. The van der Waals surface area contributed by atoms with Crippen molar-refractivity contribution in [2.24, 2.45) is 11.7 Å². The molecule has 0 aliphatic carbocycles. The van der Waals surface area contributed by atoms with E-state index in [0.717, 1.165) is 0 Å². The molecule has 2 atom stereocenters. The van der Waals surface area contributed by atoms with Gasteiger partial charge in [0.25, 0.3) is 0 Å². The summed E-state index contributed by atoms with van der Waals surface area (Å²) in [5.41, 5.74) is 6.05. The fourth-order valence-electron chi connectivity index (χ4n) is 1.37. The standard InChI is InChI=1S/C11H15ClFNO/c1-6(2)11(15)10(14)8-4-3-7(12)5-9(8)13/h3-6,10-11,15H,14H2,1-2H3/t10-,11+/m1/s1. The van der Waals surface area contributed by atoms with Crippen LogP contribution in [0, 0.1) is 11.7 Å². The highest BCUT2D eigenvalue weighted by molar-refractivity contribution is 6.30. The summed E-state index contributed by atoms with van der Waals surface area (Å²) >= 11 is 5.62. The smallest absolute Gasteiger partial charge is 0.129 e. The van der Waals surface area contributed by atoms with Crippen LogP contribution in [0.1, 0.15) is 25.5 Å². The van der Waals surface area contributed by atoms with E-state index in [9.17, 15) is 9.50 Å². The molecule has 0 aromatic heterocycles. The number of benzene rings is 1. The molecule has 0 radical (unpaired) electrons. The van der Waals surface area contributed by atoms with Crippen LogP contribution in [-0.2, 0) is 0 Å². The van der Waals surface area contributed by atoms with Gasteiger partial charge >= 0.3 is 0 Å². The molecule has 15 heavy (non-hydrogen) atoms. The first-order valence-corrected chi connectivity index (χ1v) is 5.20. The molecule has 84 valence electrons. The van der Waals surface area contributed by atoms with Crippen LogP contribution >= 0.6 is 11.6 Å². The van der Waals surface area contributed by atoms with Crippen molar-refractivity contribution >= 4 is 11.6 Å². The zero-order valence-corrected chi connectivity index (χ0v) is 9.50. The summed E-state index contributed by atoms with van der Waals surface area (Å²) in [6.45, 7) is 3.66. The third kappa shape index (κ3) is 2.91. The Morgan fingerprint density at radius 3 is 2.47 bits per heavy atom. The molecule has 1 aromatic carbocycles. The van der Waals surface area contributed by atoms with Gasteiger partial charge < -0.3 is 10.8 Å². The van der Waals surface area contributed by atoms with Gasteiger partial charge in [-0.25, -0.2) is 4.39 Å². The quantitative estimate of drug-likeness (QED) is 0.840. The minimum Gasteiger partial charge on any atom is -0.391 e. The van der Waals surface area contributed by atoms with Gasteiger partial charge in [-0.1, -0.05) is 31.5 Å². The lowest BCUT2D eigenvalue weighted by atomic mass is 9.94. The minimum atomic E-state index is -0.763. The van der Waals surface area contributed by atoms with Crippen molar-refractivity contribution < 1.29 is 9.50 Å². The largest absolute Gasteiger partial charge is 0.391 e. The van der Waals surface area contributed by atoms with Crippen LogP contribution in [-0.4, -0.2) is 11.2 Å². The molecule has 4 heteroatoms. The molecule has 0 fully saturated rings. The van der Waals surface area contributed by atoms with Gasteiger partial charge in [-0.15, -0.1) is 0 Å². The van der Waals surface area contributed by atoms with E-state index in [2.05, 4.69) is 0 Å². The van der Waals surface area contributed by atoms with Gasteiger partial charge in [-0.05, 0) is 18.1 Å². The number of halogens is 2. The van der Waals surface area contributed by atoms with Crippen molar-refractivity contribution in [3.8, 4) is 0 Å². The van der Waals surface area contributed by atoms with Crippen molar-refractivity contribution in [1.82, 2.24) is 0 Å². The Morgan fingerprint density at radius 1 is 1.40 bits per heavy atom. The van der Waals surface area contributed by atoms with Crippen molar-refractivity contribution in [3.05, 3.63) is 34.6 Å². The van der Waals surface area contributed by atoms with Crippen LogP contribution in [0.5, 0.6) is 0 Å². The molecule has 2 nitrogen and oxygen atoms in total. The van der Waals surface area contributed by atoms with Gasteiger partial charge in [0.05, 0.1) is 12.1 Å². The molecule has 0 aliphatic rings. The molecule has 0 amide bonds. The Labute approximate surface area is 93.9 Å². The van der Waals surface area contributed by atoms with Gasteiger partial charge in [0, 0.05) is 10.6 Å². The summed E-state index contributed by atoms with van der Waals surface area (Å²) in [6, 6.07) is 3.55. The lowest BCUT2D eigenvalue weighted by Gasteiger charge is -2.22. The highest BCUT2D eigenvalue weighted by Crippen LogP contribution is 2.24. The average Bonchev–Trinajstić information content (AvgIpc) is 2.15. The highest BCUT2D eigenvalue weighted by Gasteiger charge is 2.22. The monoisotopic (exact) mass is 231 g/mol. The summed E-state index contributed by atoms with van der Waals surface area (Å²) in [7, 11) is 0. The van der Waals surface area contributed by atoms with Crippen LogP contribution in [0.4, 0.5) is 4.39 Å². The Hall–Kier alpha value is -0.640. The van der Waals surface area contributed by atoms with E-state index >= 15 is 0 Å². The predicted molar refractivity (Wildman–Crippen MR) is 59.2 cm³/mol. The fraction of sp³-hybridized carbons (Fsp3) is 0.455. The van der Waals surface area contributed by atoms with Crippen LogP contribution in [0.15, 0.2) is 18.2 Å². The van der Waals surface area contributed by atoms with E-state index in [1.807, 2.05) is 13.8 Å². The third-order valence-electron chi connectivity index (χ3n) is 2.37. The van der Waals surface area contributed by atoms with E-state index in [0.29, 0.717) is 10.6 Å². The second-order valence-corrected chi connectivity index (χ2v) is 4.36. The molecule has 1 aromatic rings. The van der Waals surface area contributed by atoms with E-state index in [1.54, 1.807) is 6.07 Å². The van der Waals surface area contributed by atoms with Crippen molar-refractivity contribution in [3.63, 3.8) is 0 Å². The molecule has 1 rings (SSSR count). The maximum absolute atomic E-state index is 13.4. The van der Waals surface area contributed by atoms with E-state index in [-0.39, 0.29) is 5.92 Å². The number of rotatable bonds is 3. The highest BCUT2D eigenvalue weighted by atomic mass is 35.5. The van der Waals surface area contributed by atoms with E-state index in [4.69, 9.17) is 17.3 Å². The summed E-state index contributed by atoms with van der Waals surface area (Å²) in [5.74, 6) is -0.496. The fourth-order valence-corrected chi connectivity index (χ4v) is 1.53. The number of aliphatic hydroxyl groups excluding tert-OH is 1. The van der Waals surface area contributed by atoms with Gasteiger partial charge in [0.1, 0.15) is 5.82 Å². The Balaban J connectivity index is 2.96. The Bertz CT molecular complexity index is 343. The van der Waals surface area contributed by atoms with Gasteiger partial charge in [-0.3, -0.25) is 0 Å². The zero-order chi connectivity index (χ0) is 11.6. The van der Waals surface area contributed by atoms with Crippen LogP contribution in [0.3, 0.4) is 0 Å². The average molecular weight is 232 g/mol. The third-order valence-corrected chi connectivity index (χ3v) is 2.61. The molecule has 0 unspecified atom stereocenters. The van der Waals surface area contributed by atoms with Crippen molar-refractivity contribution in [2.45, 2.75) is 26.0 Å². The Morgan fingerprint density at radius 2 is 2.00 bits per heavy atom. The second-order valence-electron chi connectivity index (χ2n) is 3.93. The molecule has 0 bridgehead atoms. The molecule has 0 saturated heterocycles. The van der Waals surface area contributed by atoms with Crippen molar-refractivity contribution in [2.75, 3.05) is 0 Å². The first-order valence-electron chi connectivity index (χ1n) is 4.82. The first-order chi connectivity index (χ1) is 6.93. The maximum atomic E-state index is 13.4. The molecule has 3 N–H and O–H groups in total. The molecule has 0 heterocycles. The zero-order valence-electron chi connectivity index (χ0n) is 8.74. The molecule has 0 saturated carbocycles. The number of hydrogen-bond acceptors (Lipinski definition) is 2. The van der Waals surface area contributed by atoms with Crippen molar-refractivity contribution in [1.29, 1.82) is 0 Å². The SMILES string of the molecule is CC(C)[C@H](O)[C@H](N)c1ccc(Cl)cc1F. The lowest BCUT2D eigenvalue weighted by Crippen LogP contribution is -2.31. The lowest BCUT2D eigenvalue weighted by molar-refractivity contribution is 0.0966. The summed E-state index contributed by atoms with van der Waals surface area (Å²) in [4.78, 5) is 0. The van der Waals surface area contributed by atoms with Crippen LogP contribution in [0.2, 0.25) is 5.02 Å². The van der Waals surface area contributed by atoms with E-state index < -0.39 is 18.0 Å². The summed E-state index contributed by atoms with van der Waals surface area (Å²) in [6.07, 6.45) is -0.763. The van der Waals surface area contributed by atoms with Crippen LogP contribution in [0.25, 0.3) is 0 Å². The van der Waals surface area contributed by atoms with Gasteiger partial charge in [-0.2, -0.15) is 0 Å². The van der Waals surface area contributed by atoms with Gasteiger partial charge in [0.2, 0.25) is 0 Å². The summed E-state index contributed by atoms with van der Waals surface area (Å²) in [5, 5.41) is 10.0. The molecular weight excluding hydrogens is 217 g/mol. The topological polar surface area (TPSA) is 46.2 Å². The maximum Gasteiger partial charge on any atom is 0.129 e. The molecule has 0 spiro atoms. The van der Waals surface area contributed by atoms with Crippen LogP contribution < -0.4 is 5.73 Å². The Kier molecular flexibility index (Phi) is 4.08. The predicted octanol–water partition coefficient (Wildman–Crippen LogP) is 2.50. The normalized spacial score (nSPS) is 15.4. The second kappa shape index (κ2) is 4.92. The molecular formula is C11H15ClFNO. The van der Waals surface area contributed by atoms with Gasteiger partial charge in [0.15, 0.2) is 0 Å². The minimum absolute atomic E-state index is 0.0184. The summed E-state index contributed by atoms with van der Waals surface area (Å²) < 4.78 is 13.4. The number of nitrogens with two attached hydrogens (primary N) is 1. The first kappa shape index (κ1) is 12.4.